The van der Waals surface area contributed by atoms with Gasteiger partial charge < -0.3 is 10.1 Å². The number of hydrogen-bond donors (Lipinski definition) is 1. The first-order valence-corrected chi connectivity index (χ1v) is 6.88. The molecular formula is C14H17BrFNO3. The molecule has 20 heavy (non-hydrogen) atoms. The van der Waals surface area contributed by atoms with Gasteiger partial charge in [0.05, 0.1) is 5.56 Å². The third-order valence-corrected chi connectivity index (χ3v) is 2.78. The zero-order chi connectivity index (χ0) is 15.5. The molecule has 0 radical (unpaired) electrons. The highest BCUT2D eigenvalue weighted by atomic mass is 79.9. The van der Waals surface area contributed by atoms with E-state index in [4.69, 9.17) is 4.74 Å². The summed E-state index contributed by atoms with van der Waals surface area (Å²) in [7, 11) is 0. The number of rotatable bonds is 3. The van der Waals surface area contributed by atoms with Crippen molar-refractivity contribution < 1.29 is 18.7 Å². The number of benzene rings is 1. The van der Waals surface area contributed by atoms with Crippen molar-refractivity contribution in [2.24, 2.45) is 0 Å². The van der Waals surface area contributed by atoms with Gasteiger partial charge in [0.1, 0.15) is 17.5 Å². The normalized spacial score (nSPS) is 12.7. The van der Waals surface area contributed by atoms with Crippen LogP contribution in [0.4, 0.5) is 4.39 Å². The molecule has 110 valence electrons. The lowest BCUT2D eigenvalue weighted by atomic mass is 10.1. The Morgan fingerprint density at radius 1 is 1.35 bits per heavy atom. The fraction of sp³-hybridized carbons (Fsp3) is 0.429. The van der Waals surface area contributed by atoms with E-state index in [1.165, 1.54) is 19.1 Å². The highest BCUT2D eigenvalue weighted by Crippen LogP contribution is 2.15. The van der Waals surface area contributed by atoms with Gasteiger partial charge in [0.25, 0.3) is 5.91 Å². The maximum atomic E-state index is 13.6. The molecule has 1 aromatic rings. The van der Waals surface area contributed by atoms with Crippen LogP contribution in [0.15, 0.2) is 22.7 Å². The molecule has 0 fully saturated rings. The summed E-state index contributed by atoms with van der Waals surface area (Å²) in [4.78, 5) is 23.6. The minimum Gasteiger partial charge on any atom is -0.458 e. The second-order valence-corrected chi connectivity index (χ2v) is 6.27. The summed E-state index contributed by atoms with van der Waals surface area (Å²) in [6.07, 6.45) is 0. The van der Waals surface area contributed by atoms with E-state index < -0.39 is 29.3 Å². The van der Waals surface area contributed by atoms with Crippen molar-refractivity contribution in [1.82, 2.24) is 5.32 Å². The number of nitrogens with one attached hydrogen (secondary N) is 1. The van der Waals surface area contributed by atoms with Crippen LogP contribution in [0.5, 0.6) is 0 Å². The quantitative estimate of drug-likeness (QED) is 0.856. The summed E-state index contributed by atoms with van der Waals surface area (Å²) in [6.45, 7) is 6.68. The molecule has 0 heterocycles. The molecule has 1 aromatic carbocycles. The van der Waals surface area contributed by atoms with Crippen molar-refractivity contribution in [3.63, 3.8) is 0 Å². The summed E-state index contributed by atoms with van der Waals surface area (Å²) < 4.78 is 19.3. The van der Waals surface area contributed by atoms with Gasteiger partial charge in [-0.25, -0.2) is 9.18 Å². The minimum atomic E-state index is -0.857. The smallest absolute Gasteiger partial charge is 0.328 e. The van der Waals surface area contributed by atoms with Crippen LogP contribution in [0.2, 0.25) is 0 Å². The van der Waals surface area contributed by atoms with E-state index in [1.54, 1.807) is 26.8 Å². The van der Waals surface area contributed by atoms with Gasteiger partial charge in [0.15, 0.2) is 0 Å². The van der Waals surface area contributed by atoms with Gasteiger partial charge in [0.2, 0.25) is 0 Å². The summed E-state index contributed by atoms with van der Waals surface area (Å²) >= 11 is 3.11. The Bertz CT molecular complexity index is 526. The maximum absolute atomic E-state index is 13.6. The highest BCUT2D eigenvalue weighted by Gasteiger charge is 2.24. The Balaban J connectivity index is 2.73. The third-order valence-electron chi connectivity index (χ3n) is 2.28. The standard InChI is InChI=1S/C14H17BrFNO3/c1-8(13(19)20-14(2,3)4)17-12(18)10-6-5-9(15)7-11(10)16/h5-8H,1-4H3,(H,17,18)/t8-/m1/s1. The lowest BCUT2D eigenvalue weighted by molar-refractivity contribution is -0.156. The number of amides is 1. The summed E-state index contributed by atoms with van der Waals surface area (Å²) in [5, 5.41) is 2.41. The van der Waals surface area contributed by atoms with Crippen LogP contribution >= 0.6 is 15.9 Å². The molecule has 0 spiro atoms. The Labute approximate surface area is 125 Å². The first-order chi connectivity index (χ1) is 9.10. The van der Waals surface area contributed by atoms with E-state index in [9.17, 15) is 14.0 Å². The third kappa shape index (κ3) is 4.92. The lowest BCUT2D eigenvalue weighted by Gasteiger charge is -2.22. The Morgan fingerprint density at radius 2 is 1.95 bits per heavy atom. The first-order valence-electron chi connectivity index (χ1n) is 6.09. The van der Waals surface area contributed by atoms with Crippen LogP contribution in [-0.2, 0) is 9.53 Å². The number of ether oxygens (including phenoxy) is 1. The number of esters is 1. The molecule has 0 bridgehead atoms. The second-order valence-electron chi connectivity index (χ2n) is 5.35. The van der Waals surface area contributed by atoms with Gasteiger partial charge in [0, 0.05) is 4.47 Å². The van der Waals surface area contributed by atoms with Crippen molar-refractivity contribution in [3.05, 3.63) is 34.1 Å². The van der Waals surface area contributed by atoms with Gasteiger partial charge in [-0.15, -0.1) is 0 Å². The predicted molar refractivity (Wildman–Crippen MR) is 76.9 cm³/mol. The lowest BCUT2D eigenvalue weighted by Crippen LogP contribution is -2.42. The van der Waals surface area contributed by atoms with Crippen molar-refractivity contribution in [3.8, 4) is 0 Å². The van der Waals surface area contributed by atoms with E-state index in [-0.39, 0.29) is 5.56 Å². The van der Waals surface area contributed by atoms with E-state index in [1.807, 2.05) is 0 Å². The zero-order valence-corrected chi connectivity index (χ0v) is 13.4. The Kier molecular flexibility index (Phi) is 5.28. The van der Waals surface area contributed by atoms with Crippen LogP contribution in [0.1, 0.15) is 38.1 Å². The first kappa shape index (κ1) is 16.6. The Morgan fingerprint density at radius 3 is 2.45 bits per heavy atom. The van der Waals surface area contributed by atoms with Crippen LogP contribution < -0.4 is 5.32 Å². The highest BCUT2D eigenvalue weighted by molar-refractivity contribution is 9.10. The van der Waals surface area contributed by atoms with Crippen LogP contribution in [-0.4, -0.2) is 23.5 Å². The van der Waals surface area contributed by atoms with E-state index in [2.05, 4.69) is 21.2 Å². The van der Waals surface area contributed by atoms with Gasteiger partial charge in [-0.1, -0.05) is 15.9 Å². The molecule has 4 nitrogen and oxygen atoms in total. The van der Waals surface area contributed by atoms with Gasteiger partial charge in [-0.2, -0.15) is 0 Å². The van der Waals surface area contributed by atoms with Crippen LogP contribution in [0, 0.1) is 5.82 Å². The van der Waals surface area contributed by atoms with Gasteiger partial charge in [-0.05, 0) is 45.9 Å². The zero-order valence-electron chi connectivity index (χ0n) is 11.8. The largest absolute Gasteiger partial charge is 0.458 e. The fourth-order valence-electron chi connectivity index (χ4n) is 1.40. The topological polar surface area (TPSA) is 55.4 Å². The molecule has 0 aromatic heterocycles. The molecular weight excluding hydrogens is 329 g/mol. The molecule has 0 unspecified atom stereocenters. The summed E-state index contributed by atoms with van der Waals surface area (Å²) in [6, 6.07) is 3.23. The molecule has 0 aliphatic carbocycles. The van der Waals surface area contributed by atoms with Crippen molar-refractivity contribution in [1.29, 1.82) is 0 Å². The maximum Gasteiger partial charge on any atom is 0.328 e. The van der Waals surface area contributed by atoms with E-state index in [0.717, 1.165) is 0 Å². The van der Waals surface area contributed by atoms with Gasteiger partial charge >= 0.3 is 5.97 Å². The van der Waals surface area contributed by atoms with Crippen molar-refractivity contribution >= 4 is 27.8 Å². The summed E-state index contributed by atoms with van der Waals surface area (Å²) in [5.41, 5.74) is -0.762. The monoisotopic (exact) mass is 345 g/mol. The average molecular weight is 346 g/mol. The van der Waals surface area contributed by atoms with Crippen LogP contribution in [0.25, 0.3) is 0 Å². The van der Waals surface area contributed by atoms with E-state index in [0.29, 0.717) is 4.47 Å². The molecule has 1 N–H and O–H groups in total. The predicted octanol–water partition coefficient (Wildman–Crippen LogP) is 3.05. The number of carbonyl (C=O) groups is 2. The van der Waals surface area contributed by atoms with Gasteiger partial charge in [-0.3, -0.25) is 4.79 Å². The molecule has 1 rings (SSSR count). The number of carbonyl (C=O) groups excluding carboxylic acids is 2. The second kappa shape index (κ2) is 6.35. The summed E-state index contributed by atoms with van der Waals surface area (Å²) in [5.74, 6) is -1.88. The molecule has 1 atom stereocenters. The average Bonchev–Trinajstić information content (AvgIpc) is 2.26. The van der Waals surface area contributed by atoms with Crippen LogP contribution in [0.3, 0.4) is 0 Å². The molecule has 0 saturated carbocycles. The van der Waals surface area contributed by atoms with Crippen molar-refractivity contribution in [2.75, 3.05) is 0 Å². The molecule has 1 amide bonds. The number of hydrogen-bond acceptors (Lipinski definition) is 3. The molecule has 0 aliphatic rings. The minimum absolute atomic E-state index is 0.122. The Hall–Kier alpha value is -1.43. The molecule has 0 saturated heterocycles. The fourth-order valence-corrected chi connectivity index (χ4v) is 1.73. The number of halogens is 2. The molecule has 0 aliphatic heterocycles. The van der Waals surface area contributed by atoms with E-state index >= 15 is 0 Å². The molecule has 6 heteroatoms. The SMILES string of the molecule is C[C@@H](NC(=O)c1ccc(Br)cc1F)C(=O)OC(C)(C)C. The van der Waals surface area contributed by atoms with Crippen molar-refractivity contribution in [2.45, 2.75) is 39.3 Å².